The number of benzene rings is 1. The number of nitrogens with zero attached hydrogens (tertiary/aromatic N) is 4. The molecule has 0 aliphatic carbocycles. The van der Waals surface area contributed by atoms with Crippen molar-refractivity contribution in [3.05, 3.63) is 93.7 Å². The van der Waals surface area contributed by atoms with Gasteiger partial charge in [-0.05, 0) is 55.3 Å². The molecule has 3 aromatic heterocycles. The van der Waals surface area contributed by atoms with E-state index in [4.69, 9.17) is 12.3 Å². The second-order valence-electron chi connectivity index (χ2n) is 7.15. The van der Waals surface area contributed by atoms with Gasteiger partial charge in [-0.15, -0.1) is 0 Å². The number of nitrogens with two attached hydrogens (primary N) is 1. The average molecular weight is 414 g/mol. The largest absolute Gasteiger partial charge is 0.392 e. The maximum atomic E-state index is 14.0. The molecule has 4 aromatic rings. The Morgan fingerprint density at radius 1 is 1.19 bits per heavy atom. The summed E-state index contributed by atoms with van der Waals surface area (Å²) in [6.45, 7) is 11.1. The van der Waals surface area contributed by atoms with Gasteiger partial charge in [-0.2, -0.15) is 0 Å². The molecule has 1 atom stereocenters. The number of nitrogens with one attached hydrogen (secondary N) is 1. The van der Waals surface area contributed by atoms with E-state index in [9.17, 15) is 9.18 Å². The summed E-state index contributed by atoms with van der Waals surface area (Å²) in [4.78, 5) is 24.9. The van der Waals surface area contributed by atoms with Crippen LogP contribution in [0, 0.1) is 19.3 Å². The molecule has 0 unspecified atom stereocenters. The molecule has 0 fully saturated rings. The molecular formula is C23H19FN6O. The van der Waals surface area contributed by atoms with E-state index in [1.54, 1.807) is 16.5 Å². The third-order valence-electron chi connectivity index (χ3n) is 5.12. The number of hydrogen-bond acceptors (Lipinski definition) is 5. The zero-order valence-corrected chi connectivity index (χ0v) is 16.9. The van der Waals surface area contributed by atoms with Gasteiger partial charge in [0.1, 0.15) is 23.8 Å². The number of anilines is 2. The first kappa shape index (κ1) is 20.0. The Labute approximate surface area is 177 Å². The third-order valence-corrected chi connectivity index (χ3v) is 5.12. The van der Waals surface area contributed by atoms with E-state index in [1.807, 2.05) is 38.1 Å². The van der Waals surface area contributed by atoms with Crippen LogP contribution < -0.4 is 16.6 Å². The standard InChI is InChI=1S/C23H19FN6O/c1-13-6-4-9-17-11-18(14(2)29-22-20(26-3)21(25)27-12-28-22)19(23(31)30(13)17)15-7-5-8-16(24)10-15/h4-12,14H,1-2H3,(H3,25,27,28,29)/t14-/m0/s1. The molecule has 0 amide bonds. The minimum atomic E-state index is -0.439. The molecule has 154 valence electrons. The molecule has 3 N–H and O–H groups in total. The van der Waals surface area contributed by atoms with Crippen molar-refractivity contribution in [1.29, 1.82) is 0 Å². The third kappa shape index (κ3) is 3.57. The molecule has 0 saturated carbocycles. The summed E-state index contributed by atoms with van der Waals surface area (Å²) in [5.41, 5.74) is 8.62. The monoisotopic (exact) mass is 414 g/mol. The van der Waals surface area contributed by atoms with Crippen LogP contribution in [0.2, 0.25) is 0 Å². The van der Waals surface area contributed by atoms with Crippen LogP contribution in [0.5, 0.6) is 0 Å². The van der Waals surface area contributed by atoms with Crippen LogP contribution in [0.4, 0.5) is 21.7 Å². The van der Waals surface area contributed by atoms with Gasteiger partial charge in [-0.3, -0.25) is 9.20 Å². The summed E-state index contributed by atoms with van der Waals surface area (Å²) in [5.74, 6) is -0.0962. The minimum Gasteiger partial charge on any atom is -0.392 e. The minimum absolute atomic E-state index is 0.0688. The number of nitrogen functional groups attached to an aromatic ring is 1. The van der Waals surface area contributed by atoms with Crippen LogP contribution in [-0.2, 0) is 0 Å². The lowest BCUT2D eigenvalue weighted by Crippen LogP contribution is -2.22. The van der Waals surface area contributed by atoms with Gasteiger partial charge in [-0.25, -0.2) is 19.2 Å². The number of aryl methyl sites for hydroxylation is 1. The highest BCUT2D eigenvalue weighted by molar-refractivity contribution is 5.77. The highest BCUT2D eigenvalue weighted by Crippen LogP contribution is 2.33. The van der Waals surface area contributed by atoms with Crippen LogP contribution in [0.3, 0.4) is 0 Å². The number of pyridine rings is 2. The fourth-order valence-corrected chi connectivity index (χ4v) is 3.66. The maximum absolute atomic E-state index is 14.0. The first-order chi connectivity index (χ1) is 14.9. The van der Waals surface area contributed by atoms with Gasteiger partial charge in [0.05, 0.1) is 12.1 Å². The second-order valence-corrected chi connectivity index (χ2v) is 7.15. The summed E-state index contributed by atoms with van der Waals surface area (Å²) in [6, 6.07) is 12.9. The van der Waals surface area contributed by atoms with Crippen LogP contribution in [-0.4, -0.2) is 14.4 Å². The van der Waals surface area contributed by atoms with Gasteiger partial charge in [0.15, 0.2) is 0 Å². The lowest BCUT2D eigenvalue weighted by Gasteiger charge is -2.21. The lowest BCUT2D eigenvalue weighted by molar-refractivity contribution is 0.628. The Morgan fingerprint density at radius 3 is 2.71 bits per heavy atom. The predicted octanol–water partition coefficient (Wildman–Crippen LogP) is 4.51. The van der Waals surface area contributed by atoms with E-state index < -0.39 is 11.9 Å². The van der Waals surface area contributed by atoms with Crippen LogP contribution in [0.25, 0.3) is 21.5 Å². The van der Waals surface area contributed by atoms with E-state index in [2.05, 4.69) is 20.1 Å². The highest BCUT2D eigenvalue weighted by Gasteiger charge is 2.21. The van der Waals surface area contributed by atoms with Crippen LogP contribution in [0.1, 0.15) is 24.2 Å². The molecule has 8 heteroatoms. The van der Waals surface area contributed by atoms with Gasteiger partial charge < -0.3 is 11.1 Å². The van der Waals surface area contributed by atoms with E-state index in [0.717, 1.165) is 5.69 Å². The molecule has 0 bridgehead atoms. The summed E-state index contributed by atoms with van der Waals surface area (Å²) >= 11 is 0. The van der Waals surface area contributed by atoms with Gasteiger partial charge in [-0.1, -0.05) is 18.2 Å². The smallest absolute Gasteiger partial charge is 0.268 e. The van der Waals surface area contributed by atoms with Crippen LogP contribution >= 0.6 is 0 Å². The Bertz CT molecular complexity index is 1410. The van der Waals surface area contributed by atoms with E-state index in [-0.39, 0.29) is 22.9 Å². The Hall–Kier alpha value is -4.25. The van der Waals surface area contributed by atoms with Crippen molar-refractivity contribution >= 4 is 22.8 Å². The van der Waals surface area contributed by atoms with E-state index in [0.29, 0.717) is 22.2 Å². The van der Waals surface area contributed by atoms with Crippen molar-refractivity contribution < 1.29 is 4.39 Å². The zero-order valence-electron chi connectivity index (χ0n) is 16.9. The lowest BCUT2D eigenvalue weighted by atomic mass is 9.96. The average Bonchev–Trinajstić information content (AvgIpc) is 2.73. The SMILES string of the molecule is [C-]#[N+]c1c(N)ncnc1N[C@@H](C)c1cc2cccc(C)n2c(=O)c1-c1cccc(F)c1. The first-order valence-corrected chi connectivity index (χ1v) is 9.56. The molecule has 7 nitrogen and oxygen atoms in total. The number of halogens is 1. The van der Waals surface area contributed by atoms with E-state index in [1.165, 1.54) is 18.5 Å². The molecule has 0 spiro atoms. The number of aromatic nitrogens is 3. The second kappa shape index (κ2) is 7.88. The molecule has 3 heterocycles. The Balaban J connectivity index is 1.95. The molecule has 0 aliphatic rings. The normalized spacial score (nSPS) is 11.8. The Kier molecular flexibility index (Phi) is 5.09. The van der Waals surface area contributed by atoms with E-state index >= 15 is 0 Å². The summed E-state index contributed by atoms with van der Waals surface area (Å²) in [5, 5.41) is 3.16. The molecule has 4 rings (SSSR count). The summed E-state index contributed by atoms with van der Waals surface area (Å²) in [6.07, 6.45) is 1.27. The summed E-state index contributed by atoms with van der Waals surface area (Å²) in [7, 11) is 0. The van der Waals surface area contributed by atoms with Gasteiger partial charge in [0.25, 0.3) is 11.2 Å². The Morgan fingerprint density at radius 2 is 1.97 bits per heavy atom. The van der Waals surface area contributed by atoms with Crippen molar-refractivity contribution in [2.75, 3.05) is 11.1 Å². The molecule has 0 radical (unpaired) electrons. The molecule has 0 aliphatic heterocycles. The molecule has 31 heavy (non-hydrogen) atoms. The van der Waals surface area contributed by atoms with Crippen molar-refractivity contribution in [2.24, 2.45) is 0 Å². The van der Waals surface area contributed by atoms with Crippen molar-refractivity contribution in [1.82, 2.24) is 14.4 Å². The quantitative estimate of drug-likeness (QED) is 0.480. The topological polar surface area (TPSA) is 89.7 Å². The highest BCUT2D eigenvalue weighted by atomic mass is 19.1. The predicted molar refractivity (Wildman–Crippen MR) is 119 cm³/mol. The first-order valence-electron chi connectivity index (χ1n) is 9.56. The molecule has 1 aromatic carbocycles. The fraction of sp³-hybridized carbons (Fsp3) is 0.130. The number of fused-ring (bicyclic) bond motifs is 1. The van der Waals surface area contributed by atoms with Gasteiger partial charge in [0.2, 0.25) is 0 Å². The van der Waals surface area contributed by atoms with Gasteiger partial charge in [0, 0.05) is 17.3 Å². The van der Waals surface area contributed by atoms with Gasteiger partial charge >= 0.3 is 0 Å². The molecule has 0 saturated heterocycles. The number of hydrogen-bond donors (Lipinski definition) is 2. The van der Waals surface area contributed by atoms with Crippen molar-refractivity contribution in [3.63, 3.8) is 0 Å². The maximum Gasteiger partial charge on any atom is 0.268 e. The van der Waals surface area contributed by atoms with Crippen LogP contribution in [0.15, 0.2) is 59.7 Å². The number of rotatable bonds is 4. The zero-order chi connectivity index (χ0) is 22.1. The van der Waals surface area contributed by atoms with Crippen molar-refractivity contribution in [2.45, 2.75) is 19.9 Å². The molecular weight excluding hydrogens is 395 g/mol. The summed E-state index contributed by atoms with van der Waals surface area (Å²) < 4.78 is 15.6. The fourth-order valence-electron chi connectivity index (χ4n) is 3.66. The van der Waals surface area contributed by atoms with Crippen molar-refractivity contribution in [3.8, 4) is 11.1 Å².